The molecule has 2 nitrogen and oxygen atoms in total. The Morgan fingerprint density at radius 2 is 1.64 bits per heavy atom. The lowest BCUT2D eigenvalue weighted by atomic mass is 9.99. The third-order valence-electron chi connectivity index (χ3n) is 5.01. The average Bonchev–Trinajstić information content (AvgIpc) is 2.73. The summed E-state index contributed by atoms with van der Waals surface area (Å²) in [5, 5.41) is 3.18. The molecule has 28 heavy (non-hydrogen) atoms. The van der Waals surface area contributed by atoms with Crippen molar-refractivity contribution in [1.29, 1.82) is 0 Å². The second-order valence-electron chi connectivity index (χ2n) is 7.08. The van der Waals surface area contributed by atoms with Crippen molar-refractivity contribution in [2.45, 2.75) is 43.9 Å². The van der Waals surface area contributed by atoms with Crippen molar-refractivity contribution in [3.63, 3.8) is 0 Å². The molecule has 1 amide bonds. The van der Waals surface area contributed by atoms with Crippen LogP contribution in [0.4, 0.5) is 0 Å². The summed E-state index contributed by atoms with van der Waals surface area (Å²) in [6.07, 6.45) is 0.861. The van der Waals surface area contributed by atoms with Gasteiger partial charge in [-0.25, -0.2) is 0 Å². The fourth-order valence-corrected chi connectivity index (χ4v) is 3.96. The van der Waals surface area contributed by atoms with Crippen LogP contribution in [0.25, 0.3) is 0 Å². The number of carbonyl (C=O) groups excluding carboxylic acids is 1. The molecule has 1 atom stereocenters. The minimum absolute atomic E-state index is 0.0210. The van der Waals surface area contributed by atoms with Crippen LogP contribution in [0.2, 0.25) is 0 Å². The normalized spacial score (nSPS) is 11.8. The third-order valence-corrected chi connectivity index (χ3v) is 6.09. The molecule has 144 valence electrons. The second kappa shape index (κ2) is 9.61. The number of hydrogen-bond acceptors (Lipinski definition) is 2. The maximum absolute atomic E-state index is 12.7. The van der Waals surface area contributed by atoms with Gasteiger partial charge in [-0.2, -0.15) is 0 Å². The van der Waals surface area contributed by atoms with Crippen LogP contribution in [-0.2, 0) is 5.75 Å². The van der Waals surface area contributed by atoms with Crippen LogP contribution in [0.5, 0.6) is 0 Å². The van der Waals surface area contributed by atoms with E-state index in [-0.39, 0.29) is 11.9 Å². The molecule has 0 radical (unpaired) electrons. The number of benzene rings is 3. The van der Waals surface area contributed by atoms with Gasteiger partial charge in [0.2, 0.25) is 0 Å². The molecule has 3 rings (SSSR count). The zero-order valence-corrected chi connectivity index (χ0v) is 17.6. The molecule has 0 bridgehead atoms. The Morgan fingerprint density at radius 3 is 2.29 bits per heavy atom. The monoisotopic (exact) mass is 389 g/mol. The lowest BCUT2D eigenvalue weighted by Gasteiger charge is -2.19. The van der Waals surface area contributed by atoms with Gasteiger partial charge in [0, 0.05) is 16.2 Å². The van der Waals surface area contributed by atoms with Gasteiger partial charge in [0.15, 0.2) is 0 Å². The second-order valence-corrected chi connectivity index (χ2v) is 8.13. The molecule has 0 aliphatic carbocycles. The maximum Gasteiger partial charge on any atom is 0.251 e. The van der Waals surface area contributed by atoms with E-state index in [0.717, 1.165) is 17.7 Å². The van der Waals surface area contributed by atoms with Crippen LogP contribution in [-0.4, -0.2) is 5.91 Å². The highest BCUT2D eigenvalue weighted by Crippen LogP contribution is 2.23. The molecule has 0 aliphatic rings. The van der Waals surface area contributed by atoms with Gasteiger partial charge in [-0.05, 0) is 66.8 Å². The Balaban J connectivity index is 1.62. The van der Waals surface area contributed by atoms with Crippen molar-refractivity contribution in [2.24, 2.45) is 0 Å². The van der Waals surface area contributed by atoms with E-state index in [1.54, 1.807) is 11.8 Å². The molecule has 0 spiro atoms. The summed E-state index contributed by atoms with van der Waals surface area (Å²) in [6.45, 7) is 6.32. The maximum atomic E-state index is 12.7. The first kappa shape index (κ1) is 20.2. The molecule has 1 N–H and O–H groups in total. The van der Waals surface area contributed by atoms with E-state index in [1.165, 1.54) is 21.6 Å². The first-order valence-electron chi connectivity index (χ1n) is 9.71. The molecular formula is C25H27NOS. The summed E-state index contributed by atoms with van der Waals surface area (Å²) in [6, 6.07) is 24.7. The number of nitrogens with one attached hydrogen (secondary N) is 1. The van der Waals surface area contributed by atoms with E-state index in [0.29, 0.717) is 5.56 Å². The van der Waals surface area contributed by atoms with Gasteiger partial charge >= 0.3 is 0 Å². The highest BCUT2D eigenvalue weighted by atomic mass is 32.2. The standard InChI is InChI=1S/C25H27NOS/c1-4-24(22-13-10-18(2)19(3)16-22)26-25(27)21-14-11-20(12-15-21)17-28-23-8-6-5-7-9-23/h5-16,24H,4,17H2,1-3H3,(H,26,27)/t24-/m0/s1. The van der Waals surface area contributed by atoms with Crippen LogP contribution in [0, 0.1) is 13.8 Å². The van der Waals surface area contributed by atoms with Crippen molar-refractivity contribution < 1.29 is 4.79 Å². The quantitative estimate of drug-likeness (QED) is 0.469. The van der Waals surface area contributed by atoms with Crippen LogP contribution in [0.15, 0.2) is 77.7 Å². The summed E-state index contributed by atoms with van der Waals surface area (Å²) in [7, 11) is 0. The Bertz CT molecular complexity index is 919. The lowest BCUT2D eigenvalue weighted by molar-refractivity contribution is 0.0935. The SMILES string of the molecule is CC[C@H](NC(=O)c1ccc(CSc2ccccc2)cc1)c1ccc(C)c(C)c1. The molecule has 0 aliphatic heterocycles. The van der Waals surface area contributed by atoms with Crippen molar-refractivity contribution >= 4 is 17.7 Å². The Kier molecular flexibility index (Phi) is 6.94. The van der Waals surface area contributed by atoms with E-state index in [4.69, 9.17) is 0 Å². The van der Waals surface area contributed by atoms with Gasteiger partial charge in [-0.1, -0.05) is 55.5 Å². The van der Waals surface area contributed by atoms with Crippen LogP contribution in [0.1, 0.15) is 52.0 Å². The molecule has 3 aromatic rings. The predicted octanol–water partition coefficient (Wildman–Crippen LogP) is 6.48. The van der Waals surface area contributed by atoms with Crippen LogP contribution in [0.3, 0.4) is 0 Å². The van der Waals surface area contributed by atoms with Gasteiger partial charge in [0.1, 0.15) is 0 Å². The number of rotatable bonds is 7. The topological polar surface area (TPSA) is 29.1 Å². The number of carbonyl (C=O) groups is 1. The average molecular weight is 390 g/mol. The number of aryl methyl sites for hydroxylation is 2. The van der Waals surface area contributed by atoms with E-state index >= 15 is 0 Å². The van der Waals surface area contributed by atoms with Crippen LogP contribution < -0.4 is 5.32 Å². The summed E-state index contributed by atoms with van der Waals surface area (Å²) < 4.78 is 0. The molecule has 3 heteroatoms. The van der Waals surface area contributed by atoms with Gasteiger partial charge in [-0.15, -0.1) is 11.8 Å². The van der Waals surface area contributed by atoms with Gasteiger partial charge in [-0.3, -0.25) is 4.79 Å². The van der Waals surface area contributed by atoms with E-state index < -0.39 is 0 Å². The fourth-order valence-electron chi connectivity index (χ4n) is 3.08. The summed E-state index contributed by atoms with van der Waals surface area (Å²) in [4.78, 5) is 14.0. The van der Waals surface area contributed by atoms with Crippen LogP contribution >= 0.6 is 11.8 Å². The van der Waals surface area contributed by atoms with Crippen molar-refractivity contribution in [3.05, 3.63) is 101 Å². The van der Waals surface area contributed by atoms with Gasteiger partial charge in [0.05, 0.1) is 6.04 Å². The summed E-state index contributed by atoms with van der Waals surface area (Å²) >= 11 is 1.80. The van der Waals surface area contributed by atoms with E-state index in [2.05, 4.69) is 68.6 Å². The molecule has 0 fully saturated rings. The number of hydrogen-bond donors (Lipinski definition) is 1. The molecule has 3 aromatic carbocycles. The minimum atomic E-state index is -0.0210. The zero-order valence-electron chi connectivity index (χ0n) is 16.7. The highest BCUT2D eigenvalue weighted by Gasteiger charge is 2.14. The largest absolute Gasteiger partial charge is 0.345 e. The van der Waals surface area contributed by atoms with Crippen molar-refractivity contribution in [3.8, 4) is 0 Å². The lowest BCUT2D eigenvalue weighted by Crippen LogP contribution is -2.28. The van der Waals surface area contributed by atoms with Crippen molar-refractivity contribution in [1.82, 2.24) is 5.32 Å². The highest BCUT2D eigenvalue weighted by molar-refractivity contribution is 7.98. The molecule has 0 aromatic heterocycles. The smallest absolute Gasteiger partial charge is 0.251 e. The third kappa shape index (κ3) is 5.26. The Hall–Kier alpha value is -2.52. The molecule has 0 saturated heterocycles. The first-order valence-corrected chi connectivity index (χ1v) is 10.7. The molecule has 0 unspecified atom stereocenters. The first-order chi connectivity index (χ1) is 13.6. The summed E-state index contributed by atoms with van der Waals surface area (Å²) in [5.74, 6) is 0.874. The Morgan fingerprint density at radius 1 is 0.929 bits per heavy atom. The molecule has 0 saturated carbocycles. The molecule has 0 heterocycles. The zero-order chi connectivity index (χ0) is 19.9. The number of thioether (sulfide) groups is 1. The predicted molar refractivity (Wildman–Crippen MR) is 119 cm³/mol. The van der Waals surface area contributed by atoms with E-state index in [9.17, 15) is 4.79 Å². The fraction of sp³-hybridized carbons (Fsp3) is 0.240. The molecular weight excluding hydrogens is 362 g/mol. The van der Waals surface area contributed by atoms with E-state index in [1.807, 2.05) is 30.3 Å². The van der Waals surface area contributed by atoms with Crippen molar-refractivity contribution in [2.75, 3.05) is 0 Å². The van der Waals surface area contributed by atoms with Gasteiger partial charge < -0.3 is 5.32 Å². The summed E-state index contributed by atoms with van der Waals surface area (Å²) in [5.41, 5.74) is 5.61. The van der Waals surface area contributed by atoms with Gasteiger partial charge in [0.25, 0.3) is 5.91 Å². The Labute approximate surface area is 172 Å². The number of amides is 1. The minimum Gasteiger partial charge on any atom is -0.345 e.